The van der Waals surface area contributed by atoms with Gasteiger partial charge in [0.05, 0.1) is 10.9 Å². The number of aromatic carboxylic acids is 1. The number of carboxylic acids is 1. The van der Waals surface area contributed by atoms with E-state index in [0.717, 1.165) is 36.5 Å². The van der Waals surface area contributed by atoms with Crippen LogP contribution >= 0.6 is 0 Å². The maximum absolute atomic E-state index is 13.1. The van der Waals surface area contributed by atoms with Crippen LogP contribution in [0, 0.1) is 6.92 Å². The summed E-state index contributed by atoms with van der Waals surface area (Å²) < 4.78 is 11.9. The van der Waals surface area contributed by atoms with E-state index >= 15 is 0 Å². The second-order valence-electron chi connectivity index (χ2n) is 7.29. The highest BCUT2D eigenvalue weighted by Crippen LogP contribution is 2.55. The van der Waals surface area contributed by atoms with Gasteiger partial charge in [0, 0.05) is 17.4 Å². The lowest BCUT2D eigenvalue weighted by Crippen LogP contribution is -2.13. The Kier molecular flexibility index (Phi) is 4.38. The number of carboxylic acid groups (broad SMARTS) is 1. The quantitative estimate of drug-likeness (QED) is 0.663. The highest BCUT2D eigenvalue weighted by molar-refractivity contribution is 5.92. The summed E-state index contributed by atoms with van der Waals surface area (Å²) in [6.07, 6.45) is 3.40. The van der Waals surface area contributed by atoms with E-state index in [1.807, 2.05) is 19.1 Å². The van der Waals surface area contributed by atoms with Gasteiger partial charge in [-0.2, -0.15) is 0 Å². The Bertz CT molecular complexity index is 1070. The van der Waals surface area contributed by atoms with Crippen LogP contribution in [0.2, 0.25) is 0 Å². The van der Waals surface area contributed by atoms with E-state index in [0.29, 0.717) is 23.0 Å². The first-order valence-corrected chi connectivity index (χ1v) is 9.38. The SMILES string of the molecule is CCCCc1c(C2CC2c2ccc(C)o2)oc2ccc(C(=O)O)cc2c1=O. The first kappa shape index (κ1) is 17.6. The molecule has 0 amide bonds. The first-order valence-electron chi connectivity index (χ1n) is 9.38. The van der Waals surface area contributed by atoms with Crippen molar-refractivity contribution in [2.75, 3.05) is 0 Å². The first-order chi connectivity index (χ1) is 13.0. The third-order valence-electron chi connectivity index (χ3n) is 5.30. The lowest BCUT2D eigenvalue weighted by atomic mass is 10.0. The molecule has 1 aromatic carbocycles. The second kappa shape index (κ2) is 6.72. The van der Waals surface area contributed by atoms with Gasteiger partial charge in [0.1, 0.15) is 22.9 Å². The van der Waals surface area contributed by atoms with Crippen molar-refractivity contribution >= 4 is 16.9 Å². The molecule has 2 atom stereocenters. The number of aryl methyl sites for hydroxylation is 1. The molecule has 1 saturated carbocycles. The normalized spacial score (nSPS) is 18.7. The molecule has 1 aliphatic carbocycles. The standard InChI is InChI=1S/C22H22O5/c1-3-4-5-14-20(23)17-10-13(22(24)25)7-9-19(17)27-21(14)16-11-15(16)18-8-6-12(2)26-18/h6-10,15-16H,3-5,11H2,1-2H3,(H,24,25). The molecule has 140 valence electrons. The molecule has 2 aromatic heterocycles. The molecule has 0 aliphatic heterocycles. The molecule has 0 bridgehead atoms. The number of hydrogen-bond donors (Lipinski definition) is 1. The predicted molar refractivity (Wildman–Crippen MR) is 102 cm³/mol. The molecule has 2 unspecified atom stereocenters. The van der Waals surface area contributed by atoms with Crippen molar-refractivity contribution in [2.24, 2.45) is 0 Å². The van der Waals surface area contributed by atoms with Gasteiger partial charge in [-0.1, -0.05) is 13.3 Å². The van der Waals surface area contributed by atoms with Gasteiger partial charge >= 0.3 is 5.97 Å². The van der Waals surface area contributed by atoms with E-state index < -0.39 is 5.97 Å². The van der Waals surface area contributed by atoms with Crippen molar-refractivity contribution in [1.29, 1.82) is 0 Å². The largest absolute Gasteiger partial charge is 0.478 e. The molecule has 0 radical (unpaired) electrons. The van der Waals surface area contributed by atoms with Gasteiger partial charge in [-0.15, -0.1) is 0 Å². The lowest BCUT2D eigenvalue weighted by molar-refractivity contribution is 0.0697. The van der Waals surface area contributed by atoms with Crippen molar-refractivity contribution in [3.8, 4) is 0 Å². The number of rotatable bonds is 6. The number of benzene rings is 1. The number of hydrogen-bond acceptors (Lipinski definition) is 4. The molecule has 2 heterocycles. The fourth-order valence-corrected chi connectivity index (χ4v) is 3.73. The van der Waals surface area contributed by atoms with Crippen LogP contribution in [0.3, 0.4) is 0 Å². The van der Waals surface area contributed by atoms with E-state index in [2.05, 4.69) is 6.92 Å². The smallest absolute Gasteiger partial charge is 0.335 e. The average Bonchev–Trinajstić information content (AvgIpc) is 3.33. The highest BCUT2D eigenvalue weighted by atomic mass is 16.4. The number of furan rings is 1. The molecular weight excluding hydrogens is 344 g/mol. The van der Waals surface area contributed by atoms with E-state index in [9.17, 15) is 14.7 Å². The van der Waals surface area contributed by atoms with Gasteiger partial charge in [-0.05, 0) is 56.5 Å². The molecule has 1 fully saturated rings. The molecule has 1 N–H and O–H groups in total. The average molecular weight is 366 g/mol. The van der Waals surface area contributed by atoms with E-state index in [4.69, 9.17) is 8.83 Å². The molecule has 0 spiro atoms. The molecule has 27 heavy (non-hydrogen) atoms. The van der Waals surface area contributed by atoms with Gasteiger partial charge < -0.3 is 13.9 Å². The summed E-state index contributed by atoms with van der Waals surface area (Å²) in [4.78, 5) is 24.4. The highest BCUT2D eigenvalue weighted by Gasteiger charge is 2.45. The number of carbonyl (C=O) groups is 1. The zero-order valence-electron chi connectivity index (χ0n) is 15.5. The molecule has 5 nitrogen and oxygen atoms in total. The van der Waals surface area contributed by atoms with Gasteiger partial charge in [0.25, 0.3) is 0 Å². The number of unbranched alkanes of at least 4 members (excludes halogenated alkanes) is 1. The minimum absolute atomic E-state index is 0.0966. The third kappa shape index (κ3) is 3.18. The minimum atomic E-state index is -1.05. The van der Waals surface area contributed by atoms with Crippen molar-refractivity contribution in [2.45, 2.75) is 51.4 Å². The summed E-state index contributed by atoms with van der Waals surface area (Å²) in [6.45, 7) is 4.00. The van der Waals surface area contributed by atoms with Crippen LogP contribution in [0.5, 0.6) is 0 Å². The predicted octanol–water partition coefficient (Wildman–Crippen LogP) is 5.01. The number of fused-ring (bicyclic) bond motifs is 1. The summed E-state index contributed by atoms with van der Waals surface area (Å²) in [5.74, 6) is 1.87. The Labute approximate surface area is 156 Å². The van der Waals surface area contributed by atoms with Crippen LogP contribution in [0.15, 0.2) is 44.0 Å². The summed E-state index contributed by atoms with van der Waals surface area (Å²) >= 11 is 0. The Morgan fingerprint density at radius 3 is 2.67 bits per heavy atom. The molecule has 0 saturated heterocycles. The summed E-state index contributed by atoms with van der Waals surface area (Å²) in [5.41, 5.74) is 1.12. The van der Waals surface area contributed by atoms with Crippen molar-refractivity contribution in [3.05, 3.63) is 69.0 Å². The lowest BCUT2D eigenvalue weighted by Gasteiger charge is -2.10. The zero-order valence-corrected chi connectivity index (χ0v) is 15.5. The fourth-order valence-electron chi connectivity index (χ4n) is 3.73. The van der Waals surface area contributed by atoms with Crippen LogP contribution in [-0.4, -0.2) is 11.1 Å². The minimum Gasteiger partial charge on any atom is -0.478 e. The van der Waals surface area contributed by atoms with E-state index in [1.54, 1.807) is 6.07 Å². The van der Waals surface area contributed by atoms with Crippen LogP contribution in [0.25, 0.3) is 11.0 Å². The van der Waals surface area contributed by atoms with Gasteiger partial charge in [0.2, 0.25) is 0 Å². The van der Waals surface area contributed by atoms with Gasteiger partial charge in [0.15, 0.2) is 5.43 Å². The fraction of sp³-hybridized carbons (Fsp3) is 0.364. The van der Waals surface area contributed by atoms with Crippen LogP contribution in [0.1, 0.15) is 71.2 Å². The summed E-state index contributed by atoms with van der Waals surface area (Å²) in [7, 11) is 0. The zero-order chi connectivity index (χ0) is 19.1. The summed E-state index contributed by atoms with van der Waals surface area (Å²) in [6, 6.07) is 8.42. The molecule has 1 aliphatic rings. The maximum atomic E-state index is 13.1. The molecule has 3 aromatic rings. The van der Waals surface area contributed by atoms with Crippen LogP contribution < -0.4 is 5.43 Å². The Morgan fingerprint density at radius 2 is 2.00 bits per heavy atom. The third-order valence-corrected chi connectivity index (χ3v) is 5.30. The summed E-state index contributed by atoms with van der Waals surface area (Å²) in [5, 5.41) is 9.56. The van der Waals surface area contributed by atoms with E-state index in [-0.39, 0.29) is 22.8 Å². The van der Waals surface area contributed by atoms with Crippen molar-refractivity contribution in [1.82, 2.24) is 0 Å². The van der Waals surface area contributed by atoms with Crippen molar-refractivity contribution in [3.63, 3.8) is 0 Å². The Hall–Kier alpha value is -2.82. The van der Waals surface area contributed by atoms with Crippen molar-refractivity contribution < 1.29 is 18.7 Å². The van der Waals surface area contributed by atoms with Crippen LogP contribution in [0.4, 0.5) is 0 Å². The Balaban J connectivity index is 1.80. The molecular formula is C22H22O5. The topological polar surface area (TPSA) is 80.7 Å². The second-order valence-corrected chi connectivity index (χ2v) is 7.29. The van der Waals surface area contributed by atoms with Gasteiger partial charge in [-0.3, -0.25) is 4.79 Å². The van der Waals surface area contributed by atoms with E-state index in [1.165, 1.54) is 12.1 Å². The molecule has 4 rings (SSSR count). The Morgan fingerprint density at radius 1 is 1.19 bits per heavy atom. The van der Waals surface area contributed by atoms with Gasteiger partial charge in [-0.25, -0.2) is 4.79 Å². The molecule has 5 heteroatoms. The van der Waals surface area contributed by atoms with Crippen LogP contribution in [-0.2, 0) is 6.42 Å². The monoisotopic (exact) mass is 366 g/mol. The maximum Gasteiger partial charge on any atom is 0.335 e.